The highest BCUT2D eigenvalue weighted by molar-refractivity contribution is 7.99. The van der Waals surface area contributed by atoms with Gasteiger partial charge in [-0.15, -0.1) is 10.2 Å². The van der Waals surface area contributed by atoms with E-state index in [0.717, 1.165) is 24.6 Å². The van der Waals surface area contributed by atoms with Crippen LogP contribution in [0.15, 0.2) is 59.8 Å². The average Bonchev–Trinajstić information content (AvgIpc) is 3.26. The lowest BCUT2D eigenvalue weighted by Gasteiger charge is -2.26. The first-order chi connectivity index (χ1) is 16.2. The number of benzene rings is 2. The Bertz CT molecular complexity index is 1100. The van der Waals surface area contributed by atoms with E-state index >= 15 is 0 Å². The van der Waals surface area contributed by atoms with Crippen LogP contribution in [0.1, 0.15) is 16.2 Å². The lowest BCUT2D eigenvalue weighted by atomic mass is 10.2. The molecule has 1 saturated heterocycles. The summed E-state index contributed by atoms with van der Waals surface area (Å²) in [6.45, 7) is 3.73. The highest BCUT2D eigenvalue weighted by Crippen LogP contribution is 2.24. The first kappa shape index (κ1) is 23.0. The summed E-state index contributed by atoms with van der Waals surface area (Å²) in [7, 11) is 1.31. The number of thioether (sulfide) groups is 1. The molecule has 2 aromatic carbocycles. The van der Waals surface area contributed by atoms with Gasteiger partial charge in [0.05, 0.1) is 43.9 Å². The Hall–Kier alpha value is -3.21. The van der Waals surface area contributed by atoms with Crippen LogP contribution in [-0.2, 0) is 20.8 Å². The summed E-state index contributed by atoms with van der Waals surface area (Å²) in [5.74, 6) is 0.156. The number of para-hydroxylation sites is 2. The van der Waals surface area contributed by atoms with Gasteiger partial charge in [-0.25, -0.2) is 4.79 Å². The average molecular weight is 468 g/mol. The highest BCUT2D eigenvalue weighted by atomic mass is 32.2. The third kappa shape index (κ3) is 5.78. The molecule has 0 saturated carbocycles. The molecular weight excluding hydrogens is 442 g/mol. The molecule has 1 aromatic heterocycles. The zero-order chi connectivity index (χ0) is 23.0. The number of carbonyl (C=O) groups is 2. The van der Waals surface area contributed by atoms with Crippen LogP contribution in [0.2, 0.25) is 0 Å². The fraction of sp³-hybridized carbons (Fsp3) is 0.304. The largest absolute Gasteiger partial charge is 0.465 e. The predicted molar refractivity (Wildman–Crippen MR) is 125 cm³/mol. The van der Waals surface area contributed by atoms with Gasteiger partial charge in [-0.3, -0.25) is 14.3 Å². The molecule has 9 nitrogen and oxygen atoms in total. The van der Waals surface area contributed by atoms with Crippen LogP contribution >= 0.6 is 11.8 Å². The molecule has 4 rings (SSSR count). The molecule has 1 aliphatic heterocycles. The third-order valence-electron chi connectivity index (χ3n) is 5.12. The van der Waals surface area contributed by atoms with E-state index in [1.165, 1.54) is 18.9 Å². The summed E-state index contributed by atoms with van der Waals surface area (Å²) < 4.78 is 12.2. The summed E-state index contributed by atoms with van der Waals surface area (Å²) in [6, 6.07) is 16.6. The molecule has 2 heterocycles. The molecule has 0 bridgehead atoms. The second-order valence-corrected chi connectivity index (χ2v) is 8.27. The molecule has 0 aliphatic carbocycles. The molecule has 0 unspecified atom stereocenters. The predicted octanol–water partition coefficient (Wildman–Crippen LogP) is 2.62. The molecular formula is C23H25N5O4S. The van der Waals surface area contributed by atoms with Gasteiger partial charge in [0.2, 0.25) is 5.91 Å². The number of aromatic nitrogens is 3. The number of ether oxygens (including phenoxy) is 2. The SMILES string of the molecule is COC(=O)c1ccccc1NC(=O)CSc1nnc(CN2CCOCC2)n1-c1ccccc1. The Balaban J connectivity index is 1.49. The van der Waals surface area contributed by atoms with Crippen molar-refractivity contribution in [3.05, 3.63) is 66.0 Å². The van der Waals surface area contributed by atoms with Gasteiger partial charge in [-0.1, -0.05) is 42.1 Å². The fourth-order valence-electron chi connectivity index (χ4n) is 3.49. The molecule has 1 amide bonds. The van der Waals surface area contributed by atoms with Gasteiger partial charge in [-0.2, -0.15) is 0 Å². The van der Waals surface area contributed by atoms with Gasteiger partial charge in [-0.05, 0) is 24.3 Å². The van der Waals surface area contributed by atoms with Crippen LogP contribution in [-0.4, -0.2) is 70.7 Å². The number of rotatable bonds is 8. The Kier molecular flexibility index (Phi) is 7.71. The Morgan fingerprint density at radius 1 is 1.06 bits per heavy atom. The van der Waals surface area contributed by atoms with Crippen LogP contribution in [0.4, 0.5) is 5.69 Å². The lowest BCUT2D eigenvalue weighted by molar-refractivity contribution is -0.113. The molecule has 10 heteroatoms. The van der Waals surface area contributed by atoms with Gasteiger partial charge in [0.15, 0.2) is 11.0 Å². The number of amides is 1. The summed E-state index contributed by atoms with van der Waals surface area (Å²) in [5.41, 5.74) is 1.65. The normalized spacial score (nSPS) is 14.1. The minimum absolute atomic E-state index is 0.109. The van der Waals surface area contributed by atoms with Crippen molar-refractivity contribution < 1.29 is 19.1 Å². The van der Waals surface area contributed by atoms with Crippen molar-refractivity contribution in [2.45, 2.75) is 11.7 Å². The van der Waals surface area contributed by atoms with E-state index in [2.05, 4.69) is 20.4 Å². The smallest absolute Gasteiger partial charge is 0.339 e. The second kappa shape index (κ2) is 11.1. The fourth-order valence-corrected chi connectivity index (χ4v) is 4.26. The first-order valence-electron chi connectivity index (χ1n) is 10.6. The molecule has 1 aliphatic rings. The van der Waals surface area contributed by atoms with Crippen molar-refractivity contribution in [2.75, 3.05) is 44.5 Å². The van der Waals surface area contributed by atoms with E-state index in [4.69, 9.17) is 9.47 Å². The van der Waals surface area contributed by atoms with Crippen LogP contribution < -0.4 is 5.32 Å². The number of esters is 1. The number of hydrogen-bond acceptors (Lipinski definition) is 8. The third-order valence-corrected chi connectivity index (χ3v) is 6.05. The number of hydrogen-bond donors (Lipinski definition) is 1. The number of nitrogens with one attached hydrogen (secondary N) is 1. The topological polar surface area (TPSA) is 98.6 Å². The molecule has 0 spiro atoms. The van der Waals surface area contributed by atoms with Crippen molar-refractivity contribution in [1.29, 1.82) is 0 Å². The second-order valence-electron chi connectivity index (χ2n) is 7.33. The maximum absolute atomic E-state index is 12.7. The Morgan fingerprint density at radius 2 is 1.79 bits per heavy atom. The monoisotopic (exact) mass is 467 g/mol. The van der Waals surface area contributed by atoms with E-state index in [-0.39, 0.29) is 11.7 Å². The van der Waals surface area contributed by atoms with Gasteiger partial charge in [0, 0.05) is 18.8 Å². The van der Waals surface area contributed by atoms with Gasteiger partial charge in [0.25, 0.3) is 0 Å². The van der Waals surface area contributed by atoms with Gasteiger partial charge < -0.3 is 14.8 Å². The van der Waals surface area contributed by atoms with Crippen molar-refractivity contribution >= 4 is 29.3 Å². The van der Waals surface area contributed by atoms with E-state index in [1.54, 1.807) is 24.3 Å². The van der Waals surface area contributed by atoms with Crippen LogP contribution in [0.5, 0.6) is 0 Å². The molecule has 3 aromatic rings. The Labute approximate surface area is 196 Å². The van der Waals surface area contributed by atoms with E-state index in [9.17, 15) is 9.59 Å². The summed E-state index contributed by atoms with van der Waals surface area (Å²) in [4.78, 5) is 26.9. The van der Waals surface area contributed by atoms with Gasteiger partial charge in [0.1, 0.15) is 0 Å². The quantitative estimate of drug-likeness (QED) is 0.399. The molecule has 33 heavy (non-hydrogen) atoms. The van der Waals surface area contributed by atoms with Crippen LogP contribution in [0, 0.1) is 0 Å². The van der Waals surface area contributed by atoms with E-state index in [1.807, 2.05) is 34.9 Å². The van der Waals surface area contributed by atoms with Crippen LogP contribution in [0.3, 0.4) is 0 Å². The number of carbonyl (C=O) groups excluding carboxylic acids is 2. The molecule has 1 fully saturated rings. The number of anilines is 1. The number of morpholine rings is 1. The lowest BCUT2D eigenvalue weighted by Crippen LogP contribution is -2.36. The van der Waals surface area contributed by atoms with Crippen molar-refractivity contribution in [2.24, 2.45) is 0 Å². The highest BCUT2D eigenvalue weighted by Gasteiger charge is 2.20. The number of methoxy groups -OCH3 is 1. The standard InChI is InChI=1S/C23H25N5O4S/c1-31-22(30)18-9-5-6-10-19(18)24-21(29)16-33-23-26-25-20(15-27-11-13-32-14-12-27)28(23)17-7-3-2-4-8-17/h2-10H,11-16H2,1H3,(H,24,29). The minimum Gasteiger partial charge on any atom is -0.465 e. The Morgan fingerprint density at radius 3 is 2.55 bits per heavy atom. The van der Waals surface area contributed by atoms with E-state index < -0.39 is 5.97 Å². The van der Waals surface area contributed by atoms with Crippen molar-refractivity contribution in [3.63, 3.8) is 0 Å². The zero-order valence-electron chi connectivity index (χ0n) is 18.3. The van der Waals surface area contributed by atoms with Crippen molar-refractivity contribution in [3.8, 4) is 5.69 Å². The summed E-state index contributed by atoms with van der Waals surface area (Å²) in [6.07, 6.45) is 0. The minimum atomic E-state index is -0.505. The van der Waals surface area contributed by atoms with Crippen LogP contribution in [0.25, 0.3) is 5.69 Å². The maximum atomic E-state index is 12.7. The summed E-state index contributed by atoms with van der Waals surface area (Å²) in [5, 5.41) is 12.2. The molecule has 0 radical (unpaired) electrons. The molecule has 1 N–H and O–H groups in total. The number of nitrogens with zero attached hydrogens (tertiary/aromatic N) is 4. The van der Waals surface area contributed by atoms with Gasteiger partial charge >= 0.3 is 5.97 Å². The zero-order valence-corrected chi connectivity index (χ0v) is 19.1. The molecule has 172 valence electrons. The summed E-state index contributed by atoms with van der Waals surface area (Å²) >= 11 is 1.29. The van der Waals surface area contributed by atoms with Crippen molar-refractivity contribution in [1.82, 2.24) is 19.7 Å². The maximum Gasteiger partial charge on any atom is 0.339 e. The van der Waals surface area contributed by atoms with E-state index in [0.29, 0.717) is 36.2 Å². The molecule has 0 atom stereocenters. The first-order valence-corrected chi connectivity index (χ1v) is 11.5.